The Bertz CT molecular complexity index is 283. The van der Waals surface area contributed by atoms with Crippen molar-refractivity contribution in [3.63, 3.8) is 0 Å². The lowest BCUT2D eigenvalue weighted by Crippen LogP contribution is -2.56. The second-order valence-electron chi connectivity index (χ2n) is 4.55. The van der Waals surface area contributed by atoms with E-state index in [1.165, 1.54) is 6.92 Å². The first-order chi connectivity index (χ1) is 8.35. The Labute approximate surface area is 108 Å². The van der Waals surface area contributed by atoms with Crippen molar-refractivity contribution in [2.45, 2.75) is 52.1 Å². The van der Waals surface area contributed by atoms with Gasteiger partial charge in [-0.15, -0.1) is 0 Å². The molecule has 0 bridgehead atoms. The Balaban J connectivity index is 4.30. The van der Waals surface area contributed by atoms with Crippen LogP contribution in [0.2, 0.25) is 0 Å². The molecule has 0 aliphatic heterocycles. The molecular formula is C12H24N2O4. The van der Waals surface area contributed by atoms with Crippen LogP contribution in [0.5, 0.6) is 0 Å². The fraction of sp³-hybridized carbons (Fsp3) is 0.833. The molecule has 0 saturated heterocycles. The second kappa shape index (κ2) is 7.92. The first-order valence-electron chi connectivity index (χ1n) is 6.25. The summed E-state index contributed by atoms with van der Waals surface area (Å²) >= 11 is 0. The zero-order chi connectivity index (χ0) is 14.2. The largest absolute Gasteiger partial charge is 0.480 e. The van der Waals surface area contributed by atoms with E-state index >= 15 is 0 Å². The first-order valence-corrected chi connectivity index (χ1v) is 6.25. The lowest BCUT2D eigenvalue weighted by Gasteiger charge is -2.26. The van der Waals surface area contributed by atoms with Crippen LogP contribution in [0, 0.1) is 0 Å². The van der Waals surface area contributed by atoms with E-state index in [9.17, 15) is 9.59 Å². The van der Waals surface area contributed by atoms with Crippen LogP contribution in [-0.2, 0) is 9.53 Å². The Morgan fingerprint density at radius 2 is 2.00 bits per heavy atom. The zero-order valence-electron chi connectivity index (χ0n) is 11.6. The van der Waals surface area contributed by atoms with E-state index in [-0.39, 0.29) is 6.04 Å². The van der Waals surface area contributed by atoms with Crippen molar-refractivity contribution in [2.24, 2.45) is 0 Å². The van der Waals surface area contributed by atoms with E-state index < -0.39 is 17.5 Å². The van der Waals surface area contributed by atoms with Crippen molar-refractivity contribution in [1.82, 2.24) is 10.6 Å². The lowest BCUT2D eigenvalue weighted by molar-refractivity contribution is -0.144. The molecule has 0 rings (SSSR count). The molecule has 18 heavy (non-hydrogen) atoms. The highest BCUT2D eigenvalue weighted by atomic mass is 16.5. The molecule has 0 aromatic rings. The van der Waals surface area contributed by atoms with E-state index in [0.717, 1.165) is 0 Å². The number of carbonyl (C=O) groups is 2. The molecule has 0 aliphatic carbocycles. The summed E-state index contributed by atoms with van der Waals surface area (Å²) < 4.78 is 5.16. The highest BCUT2D eigenvalue weighted by Crippen LogP contribution is 2.12. The number of carboxylic acids is 1. The van der Waals surface area contributed by atoms with Gasteiger partial charge in [0, 0.05) is 6.61 Å². The van der Waals surface area contributed by atoms with Crippen molar-refractivity contribution in [3.8, 4) is 0 Å². The minimum absolute atomic E-state index is 0.162. The van der Waals surface area contributed by atoms with Crippen molar-refractivity contribution >= 4 is 12.0 Å². The van der Waals surface area contributed by atoms with Gasteiger partial charge in [-0.05, 0) is 27.2 Å². The molecule has 0 heterocycles. The molecule has 0 aromatic heterocycles. The molecule has 106 valence electrons. The quantitative estimate of drug-likeness (QED) is 0.615. The van der Waals surface area contributed by atoms with E-state index in [4.69, 9.17) is 9.84 Å². The first kappa shape index (κ1) is 16.7. The van der Waals surface area contributed by atoms with Gasteiger partial charge in [-0.25, -0.2) is 9.59 Å². The van der Waals surface area contributed by atoms with E-state index in [1.807, 2.05) is 13.8 Å². The normalized spacial score (nSPS) is 15.6. The van der Waals surface area contributed by atoms with Gasteiger partial charge in [0.05, 0.1) is 12.6 Å². The Kier molecular flexibility index (Phi) is 7.35. The van der Waals surface area contributed by atoms with Gasteiger partial charge in [0.25, 0.3) is 0 Å². The lowest BCUT2D eigenvalue weighted by atomic mass is 9.97. The number of amides is 2. The van der Waals surface area contributed by atoms with Crippen molar-refractivity contribution < 1.29 is 19.4 Å². The van der Waals surface area contributed by atoms with Gasteiger partial charge in [0.1, 0.15) is 5.54 Å². The van der Waals surface area contributed by atoms with Crippen LogP contribution in [0.15, 0.2) is 0 Å². The fourth-order valence-corrected chi connectivity index (χ4v) is 1.57. The summed E-state index contributed by atoms with van der Waals surface area (Å²) in [5.74, 6) is -1.03. The van der Waals surface area contributed by atoms with Crippen LogP contribution in [0.3, 0.4) is 0 Å². The van der Waals surface area contributed by atoms with Crippen LogP contribution >= 0.6 is 0 Å². The summed E-state index contributed by atoms with van der Waals surface area (Å²) in [5.41, 5.74) is -1.23. The topological polar surface area (TPSA) is 87.7 Å². The maximum atomic E-state index is 11.7. The van der Waals surface area contributed by atoms with Crippen LogP contribution in [0.1, 0.15) is 40.5 Å². The molecule has 0 radical (unpaired) electrons. The molecule has 6 nitrogen and oxygen atoms in total. The molecule has 0 saturated carbocycles. The molecule has 2 atom stereocenters. The second-order valence-corrected chi connectivity index (χ2v) is 4.55. The van der Waals surface area contributed by atoms with E-state index in [0.29, 0.717) is 26.1 Å². The average molecular weight is 260 g/mol. The van der Waals surface area contributed by atoms with Crippen molar-refractivity contribution in [2.75, 3.05) is 13.2 Å². The van der Waals surface area contributed by atoms with E-state index in [1.54, 1.807) is 6.92 Å². The Morgan fingerprint density at radius 3 is 2.44 bits per heavy atom. The highest BCUT2D eigenvalue weighted by molar-refractivity contribution is 5.85. The average Bonchev–Trinajstić information content (AvgIpc) is 2.26. The molecule has 6 heteroatoms. The molecule has 0 aromatic carbocycles. The number of rotatable bonds is 8. The van der Waals surface area contributed by atoms with Gasteiger partial charge in [0.15, 0.2) is 0 Å². The summed E-state index contributed by atoms with van der Waals surface area (Å²) in [4.78, 5) is 22.8. The molecule has 0 fully saturated rings. The Morgan fingerprint density at radius 1 is 1.39 bits per heavy atom. The third kappa shape index (κ3) is 5.86. The maximum Gasteiger partial charge on any atom is 0.329 e. The number of urea groups is 1. The SMILES string of the molecule is CCCC(C)(NC(=O)NC(C)COCC)C(=O)O. The number of aliphatic carboxylic acids is 1. The highest BCUT2D eigenvalue weighted by Gasteiger charge is 2.33. The Hall–Kier alpha value is -1.30. The molecule has 2 unspecified atom stereocenters. The zero-order valence-corrected chi connectivity index (χ0v) is 11.6. The summed E-state index contributed by atoms with van der Waals surface area (Å²) in [6.07, 6.45) is 1.06. The number of nitrogens with one attached hydrogen (secondary N) is 2. The van der Waals surface area contributed by atoms with Gasteiger partial charge < -0.3 is 20.5 Å². The van der Waals surface area contributed by atoms with Crippen LogP contribution in [-0.4, -0.2) is 41.9 Å². The summed E-state index contributed by atoms with van der Waals surface area (Å²) in [5, 5.41) is 14.3. The van der Waals surface area contributed by atoms with Gasteiger partial charge in [-0.3, -0.25) is 0 Å². The number of hydrogen-bond donors (Lipinski definition) is 3. The predicted octanol–water partition coefficient (Wildman–Crippen LogP) is 1.35. The smallest absolute Gasteiger partial charge is 0.329 e. The number of hydrogen-bond acceptors (Lipinski definition) is 3. The monoisotopic (exact) mass is 260 g/mol. The summed E-state index contributed by atoms with van der Waals surface area (Å²) in [7, 11) is 0. The molecular weight excluding hydrogens is 236 g/mol. The predicted molar refractivity (Wildman–Crippen MR) is 68.6 cm³/mol. The molecule has 0 spiro atoms. The van der Waals surface area contributed by atoms with Crippen molar-refractivity contribution in [3.05, 3.63) is 0 Å². The third-order valence-electron chi connectivity index (χ3n) is 2.56. The van der Waals surface area contributed by atoms with Gasteiger partial charge in [0.2, 0.25) is 0 Å². The van der Waals surface area contributed by atoms with Gasteiger partial charge in [-0.1, -0.05) is 13.3 Å². The van der Waals surface area contributed by atoms with Gasteiger partial charge in [-0.2, -0.15) is 0 Å². The number of ether oxygens (including phenoxy) is 1. The standard InChI is InChI=1S/C12H24N2O4/c1-5-7-12(4,10(15)16)14-11(17)13-9(3)8-18-6-2/h9H,5-8H2,1-4H3,(H,15,16)(H2,13,14,17). The molecule has 2 amide bonds. The fourth-order valence-electron chi connectivity index (χ4n) is 1.57. The summed E-state index contributed by atoms with van der Waals surface area (Å²) in [6.45, 7) is 8.03. The van der Waals surface area contributed by atoms with E-state index in [2.05, 4.69) is 10.6 Å². The van der Waals surface area contributed by atoms with Crippen molar-refractivity contribution in [1.29, 1.82) is 0 Å². The minimum Gasteiger partial charge on any atom is -0.480 e. The maximum absolute atomic E-state index is 11.7. The van der Waals surface area contributed by atoms with Gasteiger partial charge >= 0.3 is 12.0 Å². The third-order valence-corrected chi connectivity index (χ3v) is 2.56. The van der Waals surface area contributed by atoms with Crippen LogP contribution in [0.25, 0.3) is 0 Å². The van der Waals surface area contributed by atoms with Crippen LogP contribution < -0.4 is 10.6 Å². The summed E-state index contributed by atoms with van der Waals surface area (Å²) in [6, 6.07) is -0.648. The molecule has 0 aliphatic rings. The van der Waals surface area contributed by atoms with Crippen LogP contribution in [0.4, 0.5) is 4.79 Å². The molecule has 3 N–H and O–H groups in total. The number of carbonyl (C=O) groups excluding carboxylic acids is 1. The minimum atomic E-state index is -1.23. The number of carboxylic acid groups (broad SMARTS) is 1.